The summed E-state index contributed by atoms with van der Waals surface area (Å²) < 4.78 is 30.7. The Bertz CT molecular complexity index is 914. The fourth-order valence-electron chi connectivity index (χ4n) is 6.79. The molecule has 0 radical (unpaired) electrons. The van der Waals surface area contributed by atoms with Crippen LogP contribution in [0.15, 0.2) is 18.2 Å². The third kappa shape index (κ3) is 3.46. The van der Waals surface area contributed by atoms with E-state index in [0.717, 1.165) is 51.0 Å². The standard InChI is InChI=1S/C22H31NO5S/c1-4-22-10-9-18-17-6-5-16(28-29(26,27)23-14(3)24)12-15(17)11-13(2)21(18)19(22)7-8-20(22)25/h5-6,12-13,18-21,25H,4,7-11H2,1-3H3,(H,23,24). The van der Waals surface area contributed by atoms with Gasteiger partial charge in [-0.25, -0.2) is 4.72 Å². The van der Waals surface area contributed by atoms with Crippen molar-refractivity contribution in [3.05, 3.63) is 29.3 Å². The van der Waals surface area contributed by atoms with Crippen LogP contribution >= 0.6 is 0 Å². The molecule has 6 nitrogen and oxygen atoms in total. The van der Waals surface area contributed by atoms with E-state index in [1.165, 1.54) is 5.56 Å². The van der Waals surface area contributed by atoms with Crippen LogP contribution in [0.25, 0.3) is 0 Å². The number of benzene rings is 1. The summed E-state index contributed by atoms with van der Waals surface area (Å²) in [6.07, 6.45) is 5.87. The van der Waals surface area contributed by atoms with Crippen molar-refractivity contribution in [2.45, 2.75) is 71.3 Å². The Hall–Kier alpha value is -1.60. The summed E-state index contributed by atoms with van der Waals surface area (Å²) in [5.74, 6) is 1.59. The minimum atomic E-state index is -4.15. The monoisotopic (exact) mass is 421 g/mol. The lowest BCUT2D eigenvalue weighted by atomic mass is 9.51. The SMILES string of the molecule is CCC12CCC3c4ccc(OS(=O)(=O)NC(C)=O)cc4CC(C)C3C1CCC2O. The van der Waals surface area contributed by atoms with E-state index in [4.69, 9.17) is 4.18 Å². The normalized spacial score (nSPS) is 35.9. The molecule has 0 aromatic heterocycles. The number of hydrogen-bond acceptors (Lipinski definition) is 5. The number of hydrogen-bond donors (Lipinski definition) is 2. The highest BCUT2D eigenvalue weighted by Crippen LogP contribution is 2.63. The van der Waals surface area contributed by atoms with Gasteiger partial charge in [0.2, 0.25) is 5.91 Å². The number of amides is 1. The molecule has 0 spiro atoms. The van der Waals surface area contributed by atoms with Crippen LogP contribution in [0, 0.1) is 23.2 Å². The highest BCUT2D eigenvalue weighted by atomic mass is 32.2. The van der Waals surface area contributed by atoms with E-state index in [-0.39, 0.29) is 17.3 Å². The fourth-order valence-corrected chi connectivity index (χ4v) is 7.54. The molecule has 3 aliphatic carbocycles. The second kappa shape index (κ2) is 7.27. The second-order valence-corrected chi connectivity index (χ2v) is 10.5. The zero-order valence-corrected chi connectivity index (χ0v) is 18.2. The topological polar surface area (TPSA) is 92.7 Å². The van der Waals surface area contributed by atoms with Crippen molar-refractivity contribution in [2.24, 2.45) is 23.2 Å². The van der Waals surface area contributed by atoms with Gasteiger partial charge in [0.15, 0.2) is 0 Å². The van der Waals surface area contributed by atoms with E-state index in [1.54, 1.807) is 6.07 Å². The van der Waals surface area contributed by atoms with Gasteiger partial charge < -0.3 is 9.29 Å². The van der Waals surface area contributed by atoms with Gasteiger partial charge in [0.05, 0.1) is 6.10 Å². The quantitative estimate of drug-likeness (QED) is 0.778. The van der Waals surface area contributed by atoms with E-state index in [2.05, 4.69) is 13.8 Å². The molecule has 0 aliphatic heterocycles. The molecule has 4 rings (SSSR count). The van der Waals surface area contributed by atoms with Crippen LogP contribution in [0.3, 0.4) is 0 Å². The van der Waals surface area contributed by atoms with Gasteiger partial charge in [-0.15, -0.1) is 0 Å². The van der Waals surface area contributed by atoms with E-state index >= 15 is 0 Å². The van der Waals surface area contributed by atoms with Gasteiger partial charge in [0.25, 0.3) is 0 Å². The van der Waals surface area contributed by atoms with Crippen molar-refractivity contribution < 1.29 is 22.5 Å². The minimum absolute atomic E-state index is 0.0718. The van der Waals surface area contributed by atoms with Gasteiger partial charge in [0.1, 0.15) is 5.75 Å². The van der Waals surface area contributed by atoms with E-state index in [0.29, 0.717) is 23.7 Å². The van der Waals surface area contributed by atoms with Crippen molar-refractivity contribution >= 4 is 16.2 Å². The Kier molecular flexibility index (Phi) is 5.18. The fraction of sp³-hybridized carbons (Fsp3) is 0.682. The molecule has 1 aromatic carbocycles. The summed E-state index contributed by atoms with van der Waals surface area (Å²) >= 11 is 0. The first-order valence-electron chi connectivity index (χ1n) is 10.7. The van der Waals surface area contributed by atoms with E-state index < -0.39 is 16.2 Å². The molecule has 160 valence electrons. The Labute approximate surface area is 173 Å². The van der Waals surface area contributed by atoms with Crippen LogP contribution in [0.1, 0.15) is 69.9 Å². The molecule has 1 amide bonds. The summed E-state index contributed by atoms with van der Waals surface area (Å²) in [5, 5.41) is 10.8. The van der Waals surface area contributed by atoms with Crippen LogP contribution in [0.4, 0.5) is 0 Å². The first kappa shape index (κ1) is 20.7. The molecule has 1 aromatic rings. The Morgan fingerprint density at radius 3 is 2.76 bits per heavy atom. The van der Waals surface area contributed by atoms with Gasteiger partial charge >= 0.3 is 10.3 Å². The summed E-state index contributed by atoms with van der Waals surface area (Å²) in [7, 11) is -4.15. The number of fused-ring (bicyclic) bond motifs is 5. The van der Waals surface area contributed by atoms with E-state index in [9.17, 15) is 18.3 Å². The van der Waals surface area contributed by atoms with Gasteiger partial charge in [0, 0.05) is 6.92 Å². The maximum Gasteiger partial charge on any atom is 0.409 e. The number of aliphatic hydroxyl groups excluding tert-OH is 1. The highest BCUT2D eigenvalue weighted by molar-refractivity contribution is 7.85. The van der Waals surface area contributed by atoms with Crippen molar-refractivity contribution in [2.75, 3.05) is 0 Å². The Balaban J connectivity index is 1.62. The summed E-state index contributed by atoms with van der Waals surface area (Å²) in [4.78, 5) is 11.1. The average Bonchev–Trinajstić information content (AvgIpc) is 2.97. The number of aliphatic hydroxyl groups is 1. The number of carbonyl (C=O) groups is 1. The summed E-state index contributed by atoms with van der Waals surface area (Å²) in [6, 6.07) is 5.50. The minimum Gasteiger partial charge on any atom is -0.393 e. The van der Waals surface area contributed by atoms with Crippen LogP contribution in [0.2, 0.25) is 0 Å². The zero-order valence-electron chi connectivity index (χ0n) is 17.3. The molecular formula is C22H31NO5S. The molecular weight excluding hydrogens is 390 g/mol. The van der Waals surface area contributed by atoms with Crippen LogP contribution in [0.5, 0.6) is 5.75 Å². The largest absolute Gasteiger partial charge is 0.409 e. The van der Waals surface area contributed by atoms with Gasteiger partial charge in [-0.05, 0) is 90.9 Å². The molecule has 3 aliphatic rings. The molecule has 6 unspecified atom stereocenters. The van der Waals surface area contributed by atoms with Gasteiger partial charge in [-0.1, -0.05) is 19.9 Å². The highest BCUT2D eigenvalue weighted by Gasteiger charge is 2.57. The van der Waals surface area contributed by atoms with Crippen molar-refractivity contribution in [1.82, 2.24) is 4.72 Å². The summed E-state index contributed by atoms with van der Waals surface area (Å²) in [6.45, 7) is 5.65. The summed E-state index contributed by atoms with van der Waals surface area (Å²) in [5.41, 5.74) is 2.50. The number of carbonyl (C=O) groups excluding carboxylic acids is 1. The van der Waals surface area contributed by atoms with E-state index in [1.807, 2.05) is 16.9 Å². The molecule has 7 heteroatoms. The molecule has 2 fully saturated rings. The smallest absolute Gasteiger partial charge is 0.393 e. The van der Waals surface area contributed by atoms with Crippen LogP contribution in [-0.4, -0.2) is 25.5 Å². The maximum atomic E-state index is 11.9. The van der Waals surface area contributed by atoms with Gasteiger partial charge in [-0.2, -0.15) is 8.42 Å². The Morgan fingerprint density at radius 2 is 2.07 bits per heavy atom. The van der Waals surface area contributed by atoms with Crippen molar-refractivity contribution in [3.63, 3.8) is 0 Å². The molecule has 6 atom stereocenters. The van der Waals surface area contributed by atoms with Crippen molar-refractivity contribution in [3.8, 4) is 5.75 Å². The van der Waals surface area contributed by atoms with Crippen LogP contribution < -0.4 is 8.91 Å². The molecule has 0 heterocycles. The van der Waals surface area contributed by atoms with Gasteiger partial charge in [-0.3, -0.25) is 4.79 Å². The molecule has 0 saturated heterocycles. The second-order valence-electron chi connectivity index (χ2n) is 9.25. The average molecular weight is 422 g/mol. The maximum absolute atomic E-state index is 11.9. The zero-order chi connectivity index (χ0) is 21.0. The third-order valence-electron chi connectivity index (χ3n) is 7.85. The number of rotatable bonds is 4. The lowest BCUT2D eigenvalue weighted by Gasteiger charge is -2.53. The van der Waals surface area contributed by atoms with Crippen molar-refractivity contribution in [1.29, 1.82) is 0 Å². The predicted octanol–water partition coefficient (Wildman–Crippen LogP) is 3.30. The first-order valence-corrected chi connectivity index (χ1v) is 12.1. The molecule has 0 bridgehead atoms. The lowest BCUT2D eigenvalue weighted by Crippen LogP contribution is -2.47. The van der Waals surface area contributed by atoms with Crippen LogP contribution in [-0.2, 0) is 21.5 Å². The first-order chi connectivity index (χ1) is 13.7. The predicted molar refractivity (Wildman–Crippen MR) is 110 cm³/mol. The Morgan fingerprint density at radius 1 is 1.31 bits per heavy atom. The molecule has 2 saturated carbocycles. The molecule has 29 heavy (non-hydrogen) atoms. The molecule has 2 N–H and O–H groups in total. The third-order valence-corrected chi connectivity index (χ3v) is 8.80. The number of nitrogens with one attached hydrogen (secondary N) is 1. The lowest BCUT2D eigenvalue weighted by molar-refractivity contribution is -0.117.